The molecule has 8 aromatic carbocycles. The van der Waals surface area contributed by atoms with E-state index in [1.807, 2.05) is 12.1 Å². The van der Waals surface area contributed by atoms with Crippen molar-refractivity contribution in [3.63, 3.8) is 0 Å². The zero-order chi connectivity index (χ0) is 40.5. The van der Waals surface area contributed by atoms with Gasteiger partial charge in [0.15, 0.2) is 5.82 Å². The first-order valence-electron chi connectivity index (χ1n) is 20.6. The molecule has 0 radical (unpaired) electrons. The summed E-state index contributed by atoms with van der Waals surface area (Å²) < 4.78 is 2.15. The number of fused-ring (bicyclic) bond motifs is 3. The third-order valence-corrected chi connectivity index (χ3v) is 11.4. The molecule has 0 saturated carbocycles. The van der Waals surface area contributed by atoms with E-state index in [2.05, 4.69) is 223 Å². The van der Waals surface area contributed by atoms with Crippen LogP contribution in [0.25, 0.3) is 106 Å². The van der Waals surface area contributed by atoms with Crippen LogP contribution in [0.15, 0.2) is 231 Å². The molecule has 0 amide bonds. The van der Waals surface area contributed by atoms with Crippen molar-refractivity contribution in [2.24, 2.45) is 0 Å². The van der Waals surface area contributed by atoms with Crippen LogP contribution in [0.4, 0.5) is 0 Å². The van der Waals surface area contributed by atoms with Crippen LogP contribution in [0.5, 0.6) is 0 Å². The molecule has 61 heavy (non-hydrogen) atoms. The molecule has 4 nitrogen and oxygen atoms in total. The summed E-state index contributed by atoms with van der Waals surface area (Å²) in [6, 6.07) is 81.0. The fourth-order valence-corrected chi connectivity index (χ4v) is 8.40. The minimum absolute atomic E-state index is 0.685. The molecule has 0 unspecified atom stereocenters. The lowest BCUT2D eigenvalue weighted by Crippen LogP contribution is -1.96. The van der Waals surface area contributed by atoms with E-state index < -0.39 is 0 Å². The van der Waals surface area contributed by atoms with Crippen LogP contribution >= 0.6 is 0 Å². The lowest BCUT2D eigenvalue weighted by Gasteiger charge is -2.13. The second kappa shape index (κ2) is 15.5. The summed E-state index contributed by atoms with van der Waals surface area (Å²) in [5, 5.41) is 7.67. The van der Waals surface area contributed by atoms with Crippen molar-refractivity contribution in [2.45, 2.75) is 0 Å². The highest BCUT2D eigenvalue weighted by Crippen LogP contribution is 2.42. The van der Waals surface area contributed by atoms with Crippen LogP contribution in [0.2, 0.25) is 0 Å². The van der Waals surface area contributed by atoms with Gasteiger partial charge in [0.2, 0.25) is 0 Å². The second-order valence-corrected chi connectivity index (χ2v) is 15.3. The van der Waals surface area contributed by atoms with Gasteiger partial charge in [0.25, 0.3) is 0 Å². The molecular formula is C57H38N4. The van der Waals surface area contributed by atoms with Gasteiger partial charge in [0.1, 0.15) is 5.69 Å². The Kier molecular flexibility index (Phi) is 9.14. The minimum Gasteiger partial charge on any atom is -0.231 e. The summed E-state index contributed by atoms with van der Waals surface area (Å²) in [6.45, 7) is 0. The number of rotatable bonds is 8. The van der Waals surface area contributed by atoms with Gasteiger partial charge in [-0.05, 0) is 57.5 Å². The Morgan fingerprint density at radius 3 is 1.44 bits per heavy atom. The molecule has 3 aromatic heterocycles. The first-order valence-corrected chi connectivity index (χ1v) is 20.6. The van der Waals surface area contributed by atoms with Crippen molar-refractivity contribution in [3.05, 3.63) is 231 Å². The Bertz CT molecular complexity index is 3310. The van der Waals surface area contributed by atoms with Crippen molar-refractivity contribution in [2.75, 3.05) is 0 Å². The van der Waals surface area contributed by atoms with E-state index in [4.69, 9.17) is 15.1 Å². The van der Waals surface area contributed by atoms with E-state index in [1.165, 1.54) is 5.56 Å². The molecule has 0 aliphatic rings. The molecule has 0 aliphatic heterocycles. The van der Waals surface area contributed by atoms with Crippen LogP contribution in [0.3, 0.4) is 0 Å². The summed E-state index contributed by atoms with van der Waals surface area (Å²) in [5.74, 6) is 0.685. The highest BCUT2D eigenvalue weighted by atomic mass is 15.2. The highest BCUT2D eigenvalue weighted by molar-refractivity contribution is 6.09. The minimum atomic E-state index is 0.685. The normalized spacial score (nSPS) is 11.3. The molecule has 0 fully saturated rings. The lowest BCUT2D eigenvalue weighted by atomic mass is 9.95. The topological polar surface area (TPSA) is 43.1 Å². The third kappa shape index (κ3) is 6.86. The van der Waals surface area contributed by atoms with Crippen molar-refractivity contribution in [3.8, 4) is 89.8 Å². The molecule has 0 spiro atoms. The van der Waals surface area contributed by atoms with Crippen molar-refractivity contribution < 1.29 is 0 Å². The summed E-state index contributed by atoms with van der Waals surface area (Å²) in [7, 11) is 0. The molecule has 11 aromatic rings. The summed E-state index contributed by atoms with van der Waals surface area (Å²) in [4.78, 5) is 10.3. The van der Waals surface area contributed by atoms with Gasteiger partial charge in [-0.1, -0.05) is 206 Å². The summed E-state index contributed by atoms with van der Waals surface area (Å²) >= 11 is 0. The van der Waals surface area contributed by atoms with E-state index >= 15 is 0 Å². The van der Waals surface area contributed by atoms with Crippen LogP contribution in [0.1, 0.15) is 0 Å². The molecule has 0 N–H and O–H groups in total. The van der Waals surface area contributed by atoms with Gasteiger partial charge < -0.3 is 0 Å². The zero-order valence-corrected chi connectivity index (χ0v) is 33.2. The molecule has 4 heteroatoms. The smallest absolute Gasteiger partial charge is 0.160 e. The predicted molar refractivity (Wildman–Crippen MR) is 252 cm³/mol. The molecule has 11 rings (SSSR count). The quantitative estimate of drug-likeness (QED) is 0.154. The largest absolute Gasteiger partial charge is 0.231 e. The Labute approximate surface area is 354 Å². The number of pyridine rings is 1. The van der Waals surface area contributed by atoms with Crippen molar-refractivity contribution >= 4 is 16.3 Å². The average molecular weight is 779 g/mol. The van der Waals surface area contributed by atoms with E-state index in [0.29, 0.717) is 5.82 Å². The van der Waals surface area contributed by atoms with E-state index in [1.54, 1.807) is 0 Å². The van der Waals surface area contributed by atoms with Crippen LogP contribution in [-0.4, -0.2) is 19.6 Å². The van der Waals surface area contributed by atoms with Crippen LogP contribution in [-0.2, 0) is 0 Å². The van der Waals surface area contributed by atoms with Crippen molar-refractivity contribution in [1.29, 1.82) is 0 Å². The van der Waals surface area contributed by atoms with E-state index in [-0.39, 0.29) is 0 Å². The monoisotopic (exact) mass is 778 g/mol. The highest BCUT2D eigenvalue weighted by Gasteiger charge is 2.22. The Morgan fingerprint density at radius 2 is 0.787 bits per heavy atom. The lowest BCUT2D eigenvalue weighted by molar-refractivity contribution is 0.979. The van der Waals surface area contributed by atoms with Gasteiger partial charge in [-0.15, -0.1) is 0 Å². The number of hydrogen-bond donors (Lipinski definition) is 0. The van der Waals surface area contributed by atoms with Crippen LogP contribution < -0.4 is 0 Å². The molecule has 0 aliphatic carbocycles. The Morgan fingerprint density at radius 1 is 0.311 bits per heavy atom. The van der Waals surface area contributed by atoms with E-state index in [0.717, 1.165) is 94.7 Å². The maximum atomic E-state index is 5.38. The number of hydrogen-bond acceptors (Lipinski definition) is 3. The van der Waals surface area contributed by atoms with Gasteiger partial charge in [0.05, 0.1) is 22.6 Å². The first-order chi connectivity index (χ1) is 30.2. The maximum Gasteiger partial charge on any atom is 0.160 e. The third-order valence-electron chi connectivity index (χ3n) is 11.4. The Hall–Kier alpha value is -8.21. The average Bonchev–Trinajstić information content (AvgIpc) is 3.76. The number of aromatic nitrogens is 4. The number of benzene rings is 8. The van der Waals surface area contributed by atoms with Crippen molar-refractivity contribution in [1.82, 2.24) is 19.6 Å². The molecule has 0 atom stereocenters. The van der Waals surface area contributed by atoms with Gasteiger partial charge in [0, 0.05) is 38.8 Å². The molecule has 0 bridgehead atoms. The SMILES string of the molecule is c1ccc(-c2cccc(-c3cc(-c4ccccc4)nc(-c4ccc(-c5ccc6c(c5)cc(-c5ccccc5)n5nc(-c7ccccc7)c(-c7ccccc7)c65)cc4)n3)c2)cc1. The number of nitrogens with zero attached hydrogens (tertiary/aromatic N) is 4. The summed E-state index contributed by atoms with van der Waals surface area (Å²) in [5.41, 5.74) is 16.9. The molecule has 3 heterocycles. The second-order valence-electron chi connectivity index (χ2n) is 15.3. The van der Waals surface area contributed by atoms with Gasteiger partial charge >= 0.3 is 0 Å². The maximum absolute atomic E-state index is 5.38. The van der Waals surface area contributed by atoms with E-state index in [9.17, 15) is 0 Å². The zero-order valence-electron chi connectivity index (χ0n) is 33.2. The predicted octanol–water partition coefficient (Wildman–Crippen LogP) is 14.6. The standard InChI is InChI=1S/C57H38N4/c1-6-17-39(18-7-1)46-27-16-28-48(35-46)52-38-51(41-19-8-2-9-20-41)58-57(59-52)45-31-29-40(30-32-45)47-33-34-50-49(36-47)37-53(42-21-10-3-11-22-42)61-56(50)54(43-23-12-4-13-24-43)55(60-61)44-25-14-5-15-26-44/h1-38H. The van der Waals surface area contributed by atoms with Gasteiger partial charge in [-0.25, -0.2) is 14.5 Å². The van der Waals surface area contributed by atoms with Gasteiger partial charge in [-0.2, -0.15) is 5.10 Å². The fraction of sp³-hybridized carbons (Fsp3) is 0. The first kappa shape index (κ1) is 35.9. The summed E-state index contributed by atoms with van der Waals surface area (Å²) in [6.07, 6.45) is 0. The molecule has 0 saturated heterocycles. The Balaban J connectivity index is 1.03. The molecule has 286 valence electrons. The van der Waals surface area contributed by atoms with Crippen LogP contribution in [0, 0.1) is 0 Å². The fourth-order valence-electron chi connectivity index (χ4n) is 8.40. The van der Waals surface area contributed by atoms with Gasteiger partial charge in [-0.3, -0.25) is 0 Å². The molecular weight excluding hydrogens is 741 g/mol.